The van der Waals surface area contributed by atoms with Crippen molar-refractivity contribution in [1.29, 1.82) is 0 Å². The van der Waals surface area contributed by atoms with Crippen LogP contribution in [-0.4, -0.2) is 50.6 Å². The highest BCUT2D eigenvalue weighted by Crippen LogP contribution is 2.24. The van der Waals surface area contributed by atoms with Gasteiger partial charge < -0.3 is 19.9 Å². The van der Waals surface area contributed by atoms with Crippen molar-refractivity contribution in [1.82, 2.24) is 10.2 Å². The van der Waals surface area contributed by atoms with Crippen molar-refractivity contribution in [3.63, 3.8) is 0 Å². The molecule has 1 saturated heterocycles. The van der Waals surface area contributed by atoms with E-state index in [1.54, 1.807) is 7.11 Å². The van der Waals surface area contributed by atoms with Crippen LogP contribution in [0.25, 0.3) is 0 Å². The highest BCUT2D eigenvalue weighted by molar-refractivity contribution is 5.78. The van der Waals surface area contributed by atoms with E-state index in [1.807, 2.05) is 17.0 Å². The molecule has 1 aliphatic heterocycles. The van der Waals surface area contributed by atoms with E-state index in [4.69, 9.17) is 4.74 Å². The summed E-state index contributed by atoms with van der Waals surface area (Å²) >= 11 is 0. The molecule has 1 N–H and O–H groups in total. The van der Waals surface area contributed by atoms with Gasteiger partial charge in [0.05, 0.1) is 13.7 Å². The first kappa shape index (κ1) is 23.1. The standard InChI is InChI=1S/C26H37N3O2/c1-19(2)21-6-8-22(9-7-21)26(20(3)4)27-18-25(30)29-16-14-28(15-17-29)23-10-12-24(31-5)13-11-23/h6-13,19-20,26-27H,14-18H2,1-5H3/t26-/m0/s1. The van der Waals surface area contributed by atoms with Crippen LogP contribution in [0.3, 0.4) is 0 Å². The lowest BCUT2D eigenvalue weighted by Crippen LogP contribution is -2.51. The van der Waals surface area contributed by atoms with Crippen LogP contribution in [-0.2, 0) is 4.79 Å². The topological polar surface area (TPSA) is 44.8 Å². The molecule has 1 fully saturated rings. The van der Waals surface area contributed by atoms with E-state index in [9.17, 15) is 4.79 Å². The third kappa shape index (κ3) is 6.01. The van der Waals surface area contributed by atoms with Crippen molar-refractivity contribution in [2.24, 2.45) is 5.92 Å². The number of ether oxygens (including phenoxy) is 1. The average molecular weight is 424 g/mol. The Hall–Kier alpha value is -2.53. The second-order valence-electron chi connectivity index (χ2n) is 8.99. The van der Waals surface area contributed by atoms with Gasteiger partial charge in [-0.05, 0) is 47.2 Å². The highest BCUT2D eigenvalue weighted by atomic mass is 16.5. The van der Waals surface area contributed by atoms with Crippen molar-refractivity contribution < 1.29 is 9.53 Å². The summed E-state index contributed by atoms with van der Waals surface area (Å²) in [5.74, 6) is 1.98. The van der Waals surface area contributed by atoms with Crippen LogP contribution >= 0.6 is 0 Å². The molecule has 0 radical (unpaired) electrons. The Morgan fingerprint density at radius 2 is 1.48 bits per heavy atom. The van der Waals surface area contributed by atoms with Gasteiger partial charge in [0.2, 0.25) is 5.91 Å². The number of hydrogen-bond acceptors (Lipinski definition) is 4. The summed E-state index contributed by atoms with van der Waals surface area (Å²) in [6.45, 7) is 12.4. The minimum Gasteiger partial charge on any atom is -0.497 e. The second kappa shape index (κ2) is 10.7. The summed E-state index contributed by atoms with van der Waals surface area (Å²) < 4.78 is 5.24. The maximum absolute atomic E-state index is 12.9. The van der Waals surface area contributed by atoms with Crippen molar-refractivity contribution in [2.75, 3.05) is 44.7 Å². The molecule has 0 aliphatic carbocycles. The fraction of sp³-hybridized carbons (Fsp3) is 0.500. The van der Waals surface area contributed by atoms with Gasteiger partial charge >= 0.3 is 0 Å². The summed E-state index contributed by atoms with van der Waals surface area (Å²) in [6.07, 6.45) is 0. The van der Waals surface area contributed by atoms with E-state index in [-0.39, 0.29) is 11.9 Å². The first-order valence-corrected chi connectivity index (χ1v) is 11.4. The molecule has 0 saturated carbocycles. The van der Waals surface area contributed by atoms with Gasteiger partial charge in [-0.15, -0.1) is 0 Å². The monoisotopic (exact) mass is 423 g/mol. The minimum atomic E-state index is 0.172. The van der Waals surface area contributed by atoms with Crippen LogP contribution in [0.15, 0.2) is 48.5 Å². The van der Waals surface area contributed by atoms with E-state index in [0.717, 1.165) is 31.9 Å². The molecule has 3 rings (SSSR count). The predicted molar refractivity (Wildman–Crippen MR) is 128 cm³/mol. The number of rotatable bonds is 8. The number of piperazine rings is 1. The van der Waals surface area contributed by atoms with Crippen LogP contribution in [0, 0.1) is 5.92 Å². The average Bonchev–Trinajstić information content (AvgIpc) is 2.79. The van der Waals surface area contributed by atoms with Gasteiger partial charge in [-0.25, -0.2) is 0 Å². The number of anilines is 1. The van der Waals surface area contributed by atoms with E-state index < -0.39 is 0 Å². The van der Waals surface area contributed by atoms with Crippen LogP contribution in [0.4, 0.5) is 5.69 Å². The molecular weight excluding hydrogens is 386 g/mol. The van der Waals surface area contributed by atoms with E-state index in [1.165, 1.54) is 16.8 Å². The van der Waals surface area contributed by atoms with Crippen molar-refractivity contribution in [3.8, 4) is 5.75 Å². The molecule has 0 bridgehead atoms. The first-order chi connectivity index (χ1) is 14.9. The largest absolute Gasteiger partial charge is 0.497 e. The zero-order valence-corrected chi connectivity index (χ0v) is 19.6. The van der Waals surface area contributed by atoms with Crippen LogP contribution in [0.1, 0.15) is 50.8 Å². The summed E-state index contributed by atoms with van der Waals surface area (Å²) in [7, 11) is 1.68. The fourth-order valence-electron chi connectivity index (χ4n) is 4.14. The molecular formula is C26H37N3O2. The zero-order valence-electron chi connectivity index (χ0n) is 19.6. The normalized spacial score (nSPS) is 15.5. The molecule has 168 valence electrons. The van der Waals surface area contributed by atoms with Gasteiger partial charge in [0, 0.05) is 37.9 Å². The zero-order chi connectivity index (χ0) is 22.4. The molecule has 1 aliphatic rings. The maximum Gasteiger partial charge on any atom is 0.236 e. The highest BCUT2D eigenvalue weighted by Gasteiger charge is 2.23. The van der Waals surface area contributed by atoms with Crippen LogP contribution in [0.2, 0.25) is 0 Å². The third-order valence-electron chi connectivity index (χ3n) is 6.17. The molecule has 2 aromatic carbocycles. The minimum absolute atomic E-state index is 0.172. The maximum atomic E-state index is 12.9. The lowest BCUT2D eigenvalue weighted by molar-refractivity contribution is -0.130. The van der Waals surface area contributed by atoms with Crippen molar-refractivity contribution in [3.05, 3.63) is 59.7 Å². The number of amides is 1. The smallest absolute Gasteiger partial charge is 0.236 e. The quantitative estimate of drug-likeness (QED) is 0.681. The number of hydrogen-bond donors (Lipinski definition) is 1. The van der Waals surface area contributed by atoms with Gasteiger partial charge in [0.1, 0.15) is 5.75 Å². The van der Waals surface area contributed by atoms with E-state index >= 15 is 0 Å². The summed E-state index contributed by atoms with van der Waals surface area (Å²) in [4.78, 5) is 17.2. The number of nitrogens with one attached hydrogen (secondary N) is 1. The fourth-order valence-corrected chi connectivity index (χ4v) is 4.14. The molecule has 0 spiro atoms. The Balaban J connectivity index is 1.52. The Morgan fingerprint density at radius 3 is 2.00 bits per heavy atom. The molecule has 0 unspecified atom stereocenters. The Kier molecular flexibility index (Phi) is 7.97. The molecule has 1 amide bonds. The van der Waals surface area contributed by atoms with Crippen LogP contribution < -0.4 is 15.0 Å². The Bertz CT molecular complexity index is 823. The number of methoxy groups -OCH3 is 1. The molecule has 0 aromatic heterocycles. The summed E-state index contributed by atoms with van der Waals surface area (Å²) in [5, 5.41) is 3.52. The number of nitrogens with zero attached hydrogens (tertiary/aromatic N) is 2. The lowest BCUT2D eigenvalue weighted by atomic mass is 9.93. The molecule has 5 nitrogen and oxygen atoms in total. The molecule has 1 atom stereocenters. The van der Waals surface area contributed by atoms with Gasteiger partial charge in [-0.2, -0.15) is 0 Å². The van der Waals surface area contributed by atoms with E-state index in [2.05, 4.69) is 74.3 Å². The van der Waals surface area contributed by atoms with E-state index in [0.29, 0.717) is 18.4 Å². The molecule has 1 heterocycles. The second-order valence-corrected chi connectivity index (χ2v) is 8.99. The van der Waals surface area contributed by atoms with Gasteiger partial charge in [-0.1, -0.05) is 52.0 Å². The number of carbonyl (C=O) groups excluding carboxylic acids is 1. The molecule has 2 aromatic rings. The van der Waals surface area contributed by atoms with Crippen LogP contribution in [0.5, 0.6) is 5.75 Å². The molecule has 5 heteroatoms. The lowest BCUT2D eigenvalue weighted by Gasteiger charge is -2.36. The summed E-state index contributed by atoms with van der Waals surface area (Å²) in [6, 6.07) is 17.1. The van der Waals surface area contributed by atoms with Gasteiger partial charge in [-0.3, -0.25) is 4.79 Å². The SMILES string of the molecule is COc1ccc(N2CCN(C(=O)CN[C@H](c3ccc(C(C)C)cc3)C(C)C)CC2)cc1. The third-order valence-corrected chi connectivity index (χ3v) is 6.17. The summed E-state index contributed by atoms with van der Waals surface area (Å²) in [5.41, 5.74) is 3.77. The predicted octanol–water partition coefficient (Wildman–Crippen LogP) is 4.45. The Labute approximate surface area is 187 Å². The van der Waals surface area contributed by atoms with Gasteiger partial charge in [0.25, 0.3) is 0 Å². The number of benzene rings is 2. The van der Waals surface area contributed by atoms with Crippen molar-refractivity contribution in [2.45, 2.75) is 39.7 Å². The first-order valence-electron chi connectivity index (χ1n) is 11.4. The Morgan fingerprint density at radius 1 is 0.903 bits per heavy atom. The van der Waals surface area contributed by atoms with Gasteiger partial charge in [0.15, 0.2) is 0 Å². The number of carbonyl (C=O) groups is 1. The van der Waals surface area contributed by atoms with Crippen molar-refractivity contribution >= 4 is 11.6 Å². The molecule has 31 heavy (non-hydrogen) atoms.